The Bertz CT molecular complexity index is 1350. The molecule has 0 radical (unpaired) electrons. The Morgan fingerprint density at radius 1 is 0.946 bits per heavy atom. The standard InChI is InChI=1S/C27H29Cl2N3O4S/c1-4-30-27(34)20(3)31(17-21-9-6-5-7-10-21)25(33)18-32(24-12-8-11-23(28)26(24)29)37(35,36)22-15-13-19(2)14-16-22/h5-16,20H,4,17-18H2,1-3H3,(H,30,34)/t20-/m0/s1. The molecule has 0 saturated heterocycles. The summed E-state index contributed by atoms with van der Waals surface area (Å²) in [5, 5.41) is 2.87. The van der Waals surface area contributed by atoms with E-state index in [9.17, 15) is 18.0 Å². The first-order chi connectivity index (χ1) is 17.6. The highest BCUT2D eigenvalue weighted by Crippen LogP contribution is 2.35. The minimum atomic E-state index is -4.23. The van der Waals surface area contributed by atoms with Crippen LogP contribution in [0.5, 0.6) is 0 Å². The van der Waals surface area contributed by atoms with E-state index in [1.54, 1.807) is 32.0 Å². The molecule has 0 aliphatic rings. The van der Waals surface area contributed by atoms with Gasteiger partial charge >= 0.3 is 0 Å². The van der Waals surface area contributed by atoms with Crippen LogP contribution < -0.4 is 9.62 Å². The summed E-state index contributed by atoms with van der Waals surface area (Å²) >= 11 is 12.6. The van der Waals surface area contributed by atoms with E-state index < -0.39 is 28.5 Å². The average molecular weight is 563 g/mol. The lowest BCUT2D eigenvalue weighted by Gasteiger charge is -2.32. The molecule has 0 aromatic heterocycles. The number of rotatable bonds is 10. The van der Waals surface area contributed by atoms with E-state index >= 15 is 0 Å². The monoisotopic (exact) mass is 561 g/mol. The molecule has 0 saturated carbocycles. The van der Waals surface area contributed by atoms with Gasteiger partial charge in [0, 0.05) is 13.1 Å². The number of carbonyl (C=O) groups is 2. The molecule has 7 nitrogen and oxygen atoms in total. The summed E-state index contributed by atoms with van der Waals surface area (Å²) in [6.07, 6.45) is 0. The SMILES string of the molecule is CCNC(=O)[C@H](C)N(Cc1ccccc1)C(=O)CN(c1cccc(Cl)c1Cl)S(=O)(=O)c1ccc(C)cc1. The summed E-state index contributed by atoms with van der Waals surface area (Å²) in [5.74, 6) is -0.921. The van der Waals surface area contributed by atoms with Crippen molar-refractivity contribution in [2.75, 3.05) is 17.4 Å². The van der Waals surface area contributed by atoms with Gasteiger partial charge in [-0.05, 0) is 50.6 Å². The fraction of sp³-hybridized carbons (Fsp3) is 0.259. The van der Waals surface area contributed by atoms with Gasteiger partial charge in [0.2, 0.25) is 11.8 Å². The Morgan fingerprint density at radius 3 is 2.22 bits per heavy atom. The zero-order valence-corrected chi connectivity index (χ0v) is 23.1. The highest BCUT2D eigenvalue weighted by atomic mass is 35.5. The van der Waals surface area contributed by atoms with E-state index in [0.717, 1.165) is 15.4 Å². The third-order valence-corrected chi connectivity index (χ3v) is 8.38. The molecule has 0 aliphatic heterocycles. The van der Waals surface area contributed by atoms with E-state index in [2.05, 4.69) is 5.32 Å². The molecule has 1 atom stereocenters. The Labute approximate surface area is 228 Å². The lowest BCUT2D eigenvalue weighted by molar-refractivity contribution is -0.139. The number of hydrogen-bond donors (Lipinski definition) is 1. The predicted octanol–water partition coefficient (Wildman–Crippen LogP) is 5.05. The average Bonchev–Trinajstić information content (AvgIpc) is 2.88. The molecule has 0 aliphatic carbocycles. The van der Waals surface area contributed by atoms with E-state index in [-0.39, 0.29) is 33.1 Å². The molecule has 0 bridgehead atoms. The van der Waals surface area contributed by atoms with Gasteiger partial charge in [0.05, 0.1) is 20.6 Å². The molecule has 0 unspecified atom stereocenters. The molecule has 3 aromatic rings. The second-order valence-corrected chi connectivity index (χ2v) is 11.1. The van der Waals surface area contributed by atoms with Gasteiger partial charge in [-0.25, -0.2) is 8.42 Å². The van der Waals surface area contributed by atoms with Crippen molar-refractivity contribution in [3.63, 3.8) is 0 Å². The molecule has 2 amide bonds. The number of sulfonamides is 1. The summed E-state index contributed by atoms with van der Waals surface area (Å²) in [6.45, 7) is 5.15. The quantitative estimate of drug-likeness (QED) is 0.375. The summed E-state index contributed by atoms with van der Waals surface area (Å²) in [6, 6.07) is 19.2. The Hall–Kier alpha value is -3.07. The van der Waals surface area contributed by atoms with Gasteiger partial charge in [0.15, 0.2) is 0 Å². The molecule has 37 heavy (non-hydrogen) atoms. The molecule has 196 valence electrons. The first-order valence-corrected chi connectivity index (χ1v) is 13.9. The van der Waals surface area contributed by atoms with Crippen molar-refractivity contribution in [3.05, 3.63) is 94.0 Å². The minimum Gasteiger partial charge on any atom is -0.355 e. The Morgan fingerprint density at radius 2 is 1.59 bits per heavy atom. The lowest BCUT2D eigenvalue weighted by Crippen LogP contribution is -2.51. The Balaban J connectivity index is 2.06. The maximum atomic E-state index is 13.8. The third-order valence-electron chi connectivity index (χ3n) is 5.80. The topological polar surface area (TPSA) is 86.8 Å². The van der Waals surface area contributed by atoms with Crippen LogP contribution in [0.15, 0.2) is 77.7 Å². The summed E-state index contributed by atoms with van der Waals surface area (Å²) < 4.78 is 28.5. The first kappa shape index (κ1) is 28.5. The molecule has 0 spiro atoms. The van der Waals surface area contributed by atoms with Crippen molar-refractivity contribution in [3.8, 4) is 0 Å². The number of hydrogen-bond acceptors (Lipinski definition) is 4. The second kappa shape index (κ2) is 12.4. The molecule has 10 heteroatoms. The van der Waals surface area contributed by atoms with E-state index in [4.69, 9.17) is 23.2 Å². The van der Waals surface area contributed by atoms with Crippen LogP contribution in [0.1, 0.15) is 25.0 Å². The van der Waals surface area contributed by atoms with E-state index in [0.29, 0.717) is 6.54 Å². The van der Waals surface area contributed by atoms with E-state index in [1.807, 2.05) is 37.3 Å². The molecule has 3 rings (SSSR count). The largest absolute Gasteiger partial charge is 0.355 e. The van der Waals surface area contributed by atoms with E-state index in [1.165, 1.54) is 29.2 Å². The number of nitrogens with zero attached hydrogens (tertiary/aromatic N) is 2. The van der Waals surface area contributed by atoms with Crippen LogP contribution in [-0.2, 0) is 26.2 Å². The van der Waals surface area contributed by atoms with Crippen LogP contribution in [0, 0.1) is 6.92 Å². The molecule has 0 fully saturated rings. The summed E-state index contributed by atoms with van der Waals surface area (Å²) in [4.78, 5) is 27.8. The highest BCUT2D eigenvalue weighted by molar-refractivity contribution is 7.92. The Kier molecular flexibility index (Phi) is 9.59. The molecule has 0 heterocycles. The zero-order valence-electron chi connectivity index (χ0n) is 20.8. The van der Waals surface area contributed by atoms with Gasteiger partial charge in [0.1, 0.15) is 12.6 Å². The second-order valence-electron chi connectivity index (χ2n) is 8.48. The number of aryl methyl sites for hydroxylation is 1. The number of halogens is 2. The number of likely N-dealkylation sites (N-methyl/N-ethyl adjacent to an activating group) is 1. The number of amides is 2. The van der Waals surface area contributed by atoms with Crippen LogP contribution >= 0.6 is 23.2 Å². The van der Waals surface area contributed by atoms with Crippen LogP contribution in [0.4, 0.5) is 5.69 Å². The van der Waals surface area contributed by atoms with Crippen LogP contribution in [0.2, 0.25) is 10.0 Å². The first-order valence-electron chi connectivity index (χ1n) is 11.7. The van der Waals surface area contributed by atoms with Crippen molar-refractivity contribution >= 4 is 50.7 Å². The van der Waals surface area contributed by atoms with Crippen LogP contribution in [-0.4, -0.2) is 44.3 Å². The smallest absolute Gasteiger partial charge is 0.264 e. The zero-order chi connectivity index (χ0) is 27.2. The molecular formula is C27H29Cl2N3O4S. The van der Waals surface area contributed by atoms with Crippen LogP contribution in [0.3, 0.4) is 0 Å². The fourth-order valence-corrected chi connectivity index (χ4v) is 5.59. The molecule has 1 N–H and O–H groups in total. The normalized spacial score (nSPS) is 12.0. The van der Waals surface area contributed by atoms with Crippen molar-refractivity contribution in [2.45, 2.75) is 38.3 Å². The number of benzene rings is 3. The van der Waals surface area contributed by atoms with Crippen molar-refractivity contribution in [2.24, 2.45) is 0 Å². The fourth-order valence-electron chi connectivity index (χ4n) is 3.72. The van der Waals surface area contributed by atoms with Gasteiger partial charge in [-0.15, -0.1) is 0 Å². The van der Waals surface area contributed by atoms with Gasteiger partial charge < -0.3 is 10.2 Å². The van der Waals surface area contributed by atoms with Crippen molar-refractivity contribution in [1.29, 1.82) is 0 Å². The van der Waals surface area contributed by atoms with Crippen LogP contribution in [0.25, 0.3) is 0 Å². The van der Waals surface area contributed by atoms with Gasteiger partial charge in [-0.3, -0.25) is 13.9 Å². The van der Waals surface area contributed by atoms with Crippen molar-refractivity contribution in [1.82, 2.24) is 10.2 Å². The number of anilines is 1. The van der Waals surface area contributed by atoms with Gasteiger partial charge in [-0.2, -0.15) is 0 Å². The molecule has 3 aromatic carbocycles. The predicted molar refractivity (Wildman–Crippen MR) is 147 cm³/mol. The molecular weight excluding hydrogens is 533 g/mol. The van der Waals surface area contributed by atoms with Crippen molar-refractivity contribution < 1.29 is 18.0 Å². The van der Waals surface area contributed by atoms with Gasteiger partial charge in [0.25, 0.3) is 10.0 Å². The minimum absolute atomic E-state index is 0.000891. The van der Waals surface area contributed by atoms with Gasteiger partial charge in [-0.1, -0.05) is 77.3 Å². The number of nitrogens with one attached hydrogen (secondary N) is 1. The number of carbonyl (C=O) groups excluding carboxylic acids is 2. The summed E-state index contributed by atoms with van der Waals surface area (Å²) in [7, 11) is -4.23. The maximum Gasteiger partial charge on any atom is 0.264 e. The highest BCUT2D eigenvalue weighted by Gasteiger charge is 2.33. The summed E-state index contributed by atoms with van der Waals surface area (Å²) in [5.41, 5.74) is 1.74. The maximum absolute atomic E-state index is 13.8. The lowest BCUT2D eigenvalue weighted by atomic mass is 10.1. The third kappa shape index (κ3) is 6.83.